The van der Waals surface area contributed by atoms with Crippen molar-refractivity contribution in [2.75, 3.05) is 6.61 Å². The van der Waals surface area contributed by atoms with E-state index in [1.807, 2.05) is 122 Å². The number of ether oxygens (including phenoxy) is 9. The van der Waals surface area contributed by atoms with Gasteiger partial charge in [0.1, 0.15) is 49.3 Å². The third-order valence-electron chi connectivity index (χ3n) is 12.5. The standard InChI is InChI=1S/C53H57NO11/c1-36-44(47-48(65-53(64-47)30-18-7-19-31-53)52(61-36)60-34-39-24-12-4-13-25-39)63-51-43(54-49(55)40-26-14-5-15-27-40)46(58-33-38-22-10-3-11-23-38)45(57-32-37-20-8-2-9-21-37)42(62-51)35-59-50(56)41-28-16-6-17-29-41/h2-6,8-17,20-29,36,42-48,51-52H,7,18-19,30-35H2,1H3,(H,54,55)/t36-,42+,43+,44-,45+,46+,47+,48+,51-,52+/m0/s1. The smallest absolute Gasteiger partial charge is 0.338 e. The molecule has 3 heterocycles. The highest BCUT2D eigenvalue weighted by atomic mass is 16.8. The Hall–Kier alpha value is -5.28. The van der Waals surface area contributed by atoms with E-state index < -0.39 is 73.1 Å². The van der Waals surface area contributed by atoms with Gasteiger partial charge in [-0.15, -0.1) is 0 Å². The molecule has 4 fully saturated rings. The van der Waals surface area contributed by atoms with Crippen LogP contribution in [0.2, 0.25) is 0 Å². The van der Waals surface area contributed by atoms with Crippen LogP contribution in [0.15, 0.2) is 152 Å². The highest BCUT2D eigenvalue weighted by Gasteiger charge is 2.60. The monoisotopic (exact) mass is 883 g/mol. The first-order valence-corrected chi connectivity index (χ1v) is 22.8. The fourth-order valence-corrected chi connectivity index (χ4v) is 9.19. The lowest BCUT2D eigenvalue weighted by atomic mass is 9.94. The number of rotatable bonds is 16. The molecular weight excluding hydrogens is 827 g/mol. The highest BCUT2D eigenvalue weighted by Crippen LogP contribution is 2.46. The van der Waals surface area contributed by atoms with Gasteiger partial charge in [-0.05, 0) is 60.7 Å². The number of esters is 1. The van der Waals surface area contributed by atoms with Gasteiger partial charge in [-0.25, -0.2) is 4.79 Å². The fourth-order valence-electron chi connectivity index (χ4n) is 9.19. The van der Waals surface area contributed by atoms with E-state index in [-0.39, 0.29) is 25.7 Å². The molecule has 65 heavy (non-hydrogen) atoms. The molecule has 3 saturated heterocycles. The van der Waals surface area contributed by atoms with E-state index in [0.29, 0.717) is 17.7 Å². The van der Waals surface area contributed by atoms with Crippen LogP contribution in [-0.4, -0.2) is 85.6 Å². The van der Waals surface area contributed by atoms with Crippen LogP contribution in [0.5, 0.6) is 0 Å². The molecule has 3 aliphatic heterocycles. The third kappa shape index (κ3) is 11.1. The first-order chi connectivity index (χ1) is 31.9. The third-order valence-corrected chi connectivity index (χ3v) is 12.5. The summed E-state index contributed by atoms with van der Waals surface area (Å²) in [6, 6.07) is 46.2. The number of fused-ring (bicyclic) bond motifs is 1. The number of carbonyl (C=O) groups is 2. The molecule has 0 bridgehead atoms. The molecular formula is C53H57NO11. The molecule has 12 nitrogen and oxygen atoms in total. The van der Waals surface area contributed by atoms with E-state index in [1.54, 1.807) is 36.4 Å². The molecule has 10 atom stereocenters. The quantitative estimate of drug-likeness (QED) is 0.0961. The topological polar surface area (TPSA) is 129 Å². The Labute approximate surface area is 380 Å². The molecule has 5 aromatic carbocycles. The van der Waals surface area contributed by atoms with Gasteiger partial charge in [-0.2, -0.15) is 0 Å². The van der Waals surface area contributed by atoms with Gasteiger partial charge < -0.3 is 47.9 Å². The Morgan fingerprint density at radius 2 is 1.08 bits per heavy atom. The summed E-state index contributed by atoms with van der Waals surface area (Å²) in [5, 5.41) is 3.24. The molecule has 4 aliphatic rings. The van der Waals surface area contributed by atoms with Crippen molar-refractivity contribution < 1.29 is 52.2 Å². The second kappa shape index (κ2) is 21.4. The lowest BCUT2D eigenvalue weighted by molar-refractivity contribution is -0.336. The molecule has 0 radical (unpaired) electrons. The molecule has 0 unspecified atom stereocenters. The van der Waals surface area contributed by atoms with Crippen molar-refractivity contribution in [1.29, 1.82) is 0 Å². The average Bonchev–Trinajstić information content (AvgIpc) is 3.72. The van der Waals surface area contributed by atoms with Crippen molar-refractivity contribution in [3.05, 3.63) is 179 Å². The number of nitrogens with one attached hydrogen (secondary N) is 1. The van der Waals surface area contributed by atoms with Gasteiger partial charge in [-0.1, -0.05) is 134 Å². The van der Waals surface area contributed by atoms with E-state index in [1.165, 1.54) is 0 Å². The van der Waals surface area contributed by atoms with Crippen molar-refractivity contribution in [3.63, 3.8) is 0 Å². The maximum Gasteiger partial charge on any atom is 0.338 e. The molecule has 0 aromatic heterocycles. The minimum atomic E-state index is -1.19. The summed E-state index contributed by atoms with van der Waals surface area (Å²) >= 11 is 0. The molecule has 1 N–H and O–H groups in total. The fraction of sp³-hybridized carbons (Fsp3) is 0.396. The first-order valence-electron chi connectivity index (χ1n) is 22.8. The molecule has 12 heteroatoms. The van der Waals surface area contributed by atoms with Crippen LogP contribution in [0.1, 0.15) is 76.4 Å². The average molecular weight is 884 g/mol. The zero-order valence-corrected chi connectivity index (χ0v) is 36.6. The summed E-state index contributed by atoms with van der Waals surface area (Å²) in [6.45, 7) is 2.38. The van der Waals surface area contributed by atoms with Gasteiger partial charge in [0, 0.05) is 18.4 Å². The molecule has 1 aliphatic carbocycles. The van der Waals surface area contributed by atoms with E-state index in [9.17, 15) is 9.59 Å². The Morgan fingerprint density at radius 1 is 0.569 bits per heavy atom. The summed E-state index contributed by atoms with van der Waals surface area (Å²) in [4.78, 5) is 27.8. The van der Waals surface area contributed by atoms with Crippen LogP contribution in [0.4, 0.5) is 0 Å². The number of carbonyl (C=O) groups excluding carboxylic acids is 2. The van der Waals surface area contributed by atoms with Gasteiger partial charge in [0.15, 0.2) is 18.4 Å². The van der Waals surface area contributed by atoms with E-state index in [0.717, 1.165) is 48.8 Å². The molecule has 340 valence electrons. The maximum absolute atomic E-state index is 14.3. The number of amides is 1. The minimum Gasteiger partial charge on any atom is -0.459 e. The van der Waals surface area contributed by atoms with Crippen LogP contribution in [0, 0.1) is 0 Å². The molecule has 5 aromatic rings. The molecule has 1 spiro atoms. The summed E-state index contributed by atoms with van der Waals surface area (Å²) in [6.07, 6.45) is -2.76. The van der Waals surface area contributed by atoms with Crippen molar-refractivity contribution in [3.8, 4) is 0 Å². The van der Waals surface area contributed by atoms with Gasteiger partial charge >= 0.3 is 5.97 Å². The zero-order valence-electron chi connectivity index (χ0n) is 36.6. The van der Waals surface area contributed by atoms with Crippen LogP contribution in [0.25, 0.3) is 0 Å². The Bertz CT molecular complexity index is 2250. The Balaban J connectivity index is 1.07. The predicted molar refractivity (Wildman–Crippen MR) is 239 cm³/mol. The van der Waals surface area contributed by atoms with Crippen molar-refractivity contribution >= 4 is 11.9 Å². The SMILES string of the molecule is C[C@@H]1O[C@@H](OCc2ccccc2)[C@@H]2OC3(CCCCC3)O[C@@H]2[C@H]1O[C@@H]1O[C@H](COC(=O)c2ccccc2)[C@@H](OCc2ccccc2)[C@H](OCc2ccccc2)[C@H]1NC(=O)c1ccccc1. The first kappa shape index (κ1) is 44.9. The van der Waals surface area contributed by atoms with E-state index in [4.69, 9.17) is 42.6 Å². The Morgan fingerprint density at radius 3 is 1.66 bits per heavy atom. The van der Waals surface area contributed by atoms with Crippen LogP contribution < -0.4 is 5.32 Å². The van der Waals surface area contributed by atoms with Crippen LogP contribution >= 0.6 is 0 Å². The van der Waals surface area contributed by atoms with Crippen molar-refractivity contribution in [2.45, 2.75) is 126 Å². The summed E-state index contributed by atoms with van der Waals surface area (Å²) < 4.78 is 60.9. The summed E-state index contributed by atoms with van der Waals surface area (Å²) in [7, 11) is 0. The largest absolute Gasteiger partial charge is 0.459 e. The molecule has 1 amide bonds. The van der Waals surface area contributed by atoms with Crippen LogP contribution in [0.3, 0.4) is 0 Å². The number of hydrogen-bond donors (Lipinski definition) is 1. The minimum absolute atomic E-state index is 0.172. The second-order valence-electron chi connectivity index (χ2n) is 17.1. The predicted octanol–water partition coefficient (Wildman–Crippen LogP) is 8.33. The van der Waals surface area contributed by atoms with Gasteiger partial charge in [-0.3, -0.25) is 4.79 Å². The zero-order chi connectivity index (χ0) is 44.4. The second-order valence-corrected chi connectivity index (χ2v) is 17.1. The maximum atomic E-state index is 14.3. The van der Waals surface area contributed by atoms with Gasteiger partial charge in [0.2, 0.25) is 0 Å². The molecule has 9 rings (SSSR count). The van der Waals surface area contributed by atoms with Crippen molar-refractivity contribution in [1.82, 2.24) is 5.32 Å². The lowest BCUT2D eigenvalue weighted by Gasteiger charge is -2.48. The highest BCUT2D eigenvalue weighted by molar-refractivity contribution is 5.94. The number of benzene rings is 5. The number of hydrogen-bond acceptors (Lipinski definition) is 11. The summed E-state index contributed by atoms with van der Waals surface area (Å²) in [5.41, 5.74) is 3.65. The molecule has 1 saturated carbocycles. The van der Waals surface area contributed by atoms with E-state index in [2.05, 4.69) is 5.32 Å². The van der Waals surface area contributed by atoms with Gasteiger partial charge in [0.25, 0.3) is 5.91 Å². The van der Waals surface area contributed by atoms with E-state index >= 15 is 0 Å². The van der Waals surface area contributed by atoms with Crippen LogP contribution in [-0.2, 0) is 62.5 Å². The Kier molecular flexibility index (Phi) is 14.7. The normalized spacial score (nSPS) is 28.3. The summed E-state index contributed by atoms with van der Waals surface area (Å²) in [5.74, 6) is -1.71. The van der Waals surface area contributed by atoms with Gasteiger partial charge in [0.05, 0.1) is 31.5 Å². The van der Waals surface area contributed by atoms with Crippen molar-refractivity contribution in [2.24, 2.45) is 0 Å². The lowest BCUT2D eigenvalue weighted by Crippen LogP contribution is -2.68.